The van der Waals surface area contributed by atoms with Gasteiger partial charge in [-0.15, -0.1) is 0 Å². The Labute approximate surface area is 223 Å². The van der Waals surface area contributed by atoms with Crippen molar-refractivity contribution < 1.29 is 19.1 Å². The summed E-state index contributed by atoms with van der Waals surface area (Å²) in [4.78, 5) is 45.7. The summed E-state index contributed by atoms with van der Waals surface area (Å²) in [6.07, 6.45) is 3.97. The monoisotopic (exact) mass is 505 g/mol. The van der Waals surface area contributed by atoms with E-state index in [0.29, 0.717) is 16.9 Å². The molecule has 1 fully saturated rings. The Kier molecular flexibility index (Phi) is 5.29. The third-order valence-corrected chi connectivity index (χ3v) is 8.42. The number of fused-ring (bicyclic) bond motifs is 5. The van der Waals surface area contributed by atoms with E-state index in [-0.39, 0.29) is 17.3 Å². The number of hydrogen-bond donors (Lipinski definition) is 0. The number of ether oxygens (including phenoxy) is 1. The van der Waals surface area contributed by atoms with Gasteiger partial charge >= 0.3 is 0 Å². The minimum atomic E-state index is -1.49. The third-order valence-electron chi connectivity index (χ3n) is 8.42. The zero-order chi connectivity index (χ0) is 27.0. The molecule has 3 aromatic rings. The van der Waals surface area contributed by atoms with E-state index in [4.69, 9.17) is 4.74 Å². The minimum absolute atomic E-state index is 0.00873. The molecule has 5 nitrogen and oxygen atoms in total. The van der Waals surface area contributed by atoms with Gasteiger partial charge in [-0.2, -0.15) is 0 Å². The van der Waals surface area contributed by atoms with Gasteiger partial charge in [0.05, 0.1) is 19.2 Å². The Morgan fingerprint density at radius 2 is 1.61 bits per heavy atom. The highest BCUT2D eigenvalue weighted by molar-refractivity contribution is 6.32. The molecule has 0 bridgehead atoms. The fourth-order valence-corrected chi connectivity index (χ4v) is 6.75. The number of hydrogen-bond acceptors (Lipinski definition) is 5. The van der Waals surface area contributed by atoms with Crippen molar-refractivity contribution in [1.29, 1.82) is 0 Å². The molecule has 192 valence electrons. The summed E-state index contributed by atoms with van der Waals surface area (Å²) in [5, 5.41) is 0. The smallest absolute Gasteiger partial charge is 0.180 e. The summed E-state index contributed by atoms with van der Waals surface area (Å²) in [5.41, 5.74) is 2.36. The maximum Gasteiger partial charge on any atom is 0.180 e. The standard InChI is InChI=1S/C33H31NO4/c1-19-13-15-25-20(17-19)14-16-26-33(29(35)23-11-6-7-12-24(23)30(33)36)27(21-9-8-10-22(18-21)38-5)28(34(25)26)31(37)32(2,3)4/h6-18,26-28H,1-5H3. The number of anilines is 1. The Bertz CT molecular complexity index is 1510. The van der Waals surface area contributed by atoms with E-state index in [1.165, 1.54) is 0 Å². The van der Waals surface area contributed by atoms with E-state index in [2.05, 4.69) is 11.0 Å². The molecule has 6 rings (SSSR count). The van der Waals surface area contributed by atoms with Gasteiger partial charge in [0.25, 0.3) is 0 Å². The first-order valence-electron chi connectivity index (χ1n) is 13.0. The first-order chi connectivity index (χ1) is 18.1. The molecule has 1 saturated heterocycles. The molecular formula is C33H31NO4. The first kappa shape index (κ1) is 24.4. The normalized spacial score (nSPS) is 22.9. The topological polar surface area (TPSA) is 63.7 Å². The second-order valence-electron chi connectivity index (χ2n) is 11.7. The lowest BCUT2D eigenvalue weighted by atomic mass is 9.63. The molecule has 3 atom stereocenters. The second kappa shape index (κ2) is 8.26. The SMILES string of the molecule is COc1cccc(C2C(C(=O)C(C)(C)C)N3c4ccc(C)cc4C=CC3C23C(=O)c2ccccc2C3=O)c1. The van der Waals surface area contributed by atoms with E-state index >= 15 is 0 Å². The number of carbonyl (C=O) groups is 3. The molecule has 3 unspecified atom stereocenters. The maximum absolute atomic E-state index is 14.6. The molecule has 2 heterocycles. The molecule has 0 saturated carbocycles. The Morgan fingerprint density at radius 1 is 0.921 bits per heavy atom. The zero-order valence-corrected chi connectivity index (χ0v) is 22.3. The number of rotatable bonds is 3. The highest BCUT2D eigenvalue weighted by atomic mass is 16.5. The lowest BCUT2D eigenvalue weighted by Gasteiger charge is -2.38. The molecule has 2 aliphatic heterocycles. The fraction of sp³-hybridized carbons (Fsp3) is 0.303. The van der Waals surface area contributed by atoms with Crippen LogP contribution in [0.5, 0.6) is 5.75 Å². The number of Topliss-reactive ketones (excluding diaryl/α,β-unsaturated/α-hetero) is 3. The predicted octanol–water partition coefficient (Wildman–Crippen LogP) is 6.05. The van der Waals surface area contributed by atoms with E-state index in [1.54, 1.807) is 31.4 Å². The summed E-state index contributed by atoms with van der Waals surface area (Å²) in [7, 11) is 1.59. The molecule has 0 amide bonds. The molecule has 38 heavy (non-hydrogen) atoms. The van der Waals surface area contributed by atoms with Crippen molar-refractivity contribution in [2.24, 2.45) is 10.8 Å². The van der Waals surface area contributed by atoms with E-state index in [0.717, 1.165) is 22.4 Å². The van der Waals surface area contributed by atoms with Gasteiger partial charge in [-0.3, -0.25) is 14.4 Å². The van der Waals surface area contributed by atoms with Crippen LogP contribution in [0.2, 0.25) is 0 Å². The van der Waals surface area contributed by atoms with Gasteiger partial charge in [-0.05, 0) is 42.3 Å². The van der Waals surface area contributed by atoms with E-state index in [1.807, 2.05) is 76.2 Å². The molecule has 1 aliphatic carbocycles. The van der Waals surface area contributed by atoms with Crippen LogP contribution in [0.25, 0.3) is 6.08 Å². The van der Waals surface area contributed by atoms with Gasteiger partial charge < -0.3 is 9.64 Å². The molecule has 3 aromatic carbocycles. The van der Waals surface area contributed by atoms with Gasteiger partial charge in [0, 0.05) is 28.1 Å². The summed E-state index contributed by atoms with van der Waals surface area (Å²) >= 11 is 0. The largest absolute Gasteiger partial charge is 0.497 e. The van der Waals surface area contributed by atoms with Crippen LogP contribution in [-0.4, -0.2) is 36.5 Å². The highest BCUT2D eigenvalue weighted by Crippen LogP contribution is 2.61. The van der Waals surface area contributed by atoms with Crippen molar-refractivity contribution in [3.8, 4) is 5.75 Å². The van der Waals surface area contributed by atoms with Crippen LogP contribution >= 0.6 is 0 Å². The lowest BCUT2D eigenvalue weighted by molar-refractivity contribution is -0.127. The van der Waals surface area contributed by atoms with Crippen LogP contribution in [-0.2, 0) is 4.79 Å². The molecule has 0 N–H and O–H groups in total. The molecule has 5 heteroatoms. The van der Waals surface area contributed by atoms with Crippen molar-refractivity contribution in [2.45, 2.75) is 45.7 Å². The summed E-state index contributed by atoms with van der Waals surface area (Å²) in [5.74, 6) is -0.536. The summed E-state index contributed by atoms with van der Waals surface area (Å²) in [6.45, 7) is 7.74. The summed E-state index contributed by atoms with van der Waals surface area (Å²) < 4.78 is 5.55. The predicted molar refractivity (Wildman–Crippen MR) is 148 cm³/mol. The van der Waals surface area contributed by atoms with Crippen LogP contribution in [0.4, 0.5) is 5.69 Å². The maximum atomic E-state index is 14.6. The Balaban J connectivity index is 1.70. The quantitative estimate of drug-likeness (QED) is 0.406. The number of nitrogens with zero attached hydrogens (tertiary/aromatic N) is 1. The first-order valence-corrected chi connectivity index (χ1v) is 13.0. The minimum Gasteiger partial charge on any atom is -0.497 e. The lowest BCUT2D eigenvalue weighted by Crippen LogP contribution is -2.49. The number of carbonyl (C=O) groups excluding carboxylic acids is 3. The zero-order valence-electron chi connectivity index (χ0n) is 22.3. The Morgan fingerprint density at radius 3 is 2.24 bits per heavy atom. The molecule has 0 aromatic heterocycles. The van der Waals surface area contributed by atoms with Gasteiger partial charge in [0.2, 0.25) is 0 Å². The van der Waals surface area contributed by atoms with Crippen LogP contribution in [0.3, 0.4) is 0 Å². The van der Waals surface area contributed by atoms with Crippen molar-refractivity contribution in [2.75, 3.05) is 12.0 Å². The highest BCUT2D eigenvalue weighted by Gasteiger charge is 2.71. The van der Waals surface area contributed by atoms with Gasteiger partial charge in [0.15, 0.2) is 17.3 Å². The van der Waals surface area contributed by atoms with Gasteiger partial charge in [-0.1, -0.05) is 81.0 Å². The van der Waals surface area contributed by atoms with Crippen molar-refractivity contribution >= 4 is 29.1 Å². The van der Waals surface area contributed by atoms with Crippen LogP contribution in [0, 0.1) is 17.8 Å². The van der Waals surface area contributed by atoms with E-state index < -0.39 is 28.8 Å². The average Bonchev–Trinajstić information content (AvgIpc) is 3.33. The average molecular weight is 506 g/mol. The van der Waals surface area contributed by atoms with E-state index in [9.17, 15) is 14.4 Å². The van der Waals surface area contributed by atoms with Crippen LogP contribution < -0.4 is 9.64 Å². The molecule has 1 spiro atoms. The second-order valence-corrected chi connectivity index (χ2v) is 11.7. The molecule has 0 radical (unpaired) electrons. The third kappa shape index (κ3) is 3.14. The summed E-state index contributed by atoms with van der Waals surface area (Å²) in [6, 6.07) is 19.3. The van der Waals surface area contributed by atoms with Gasteiger partial charge in [0.1, 0.15) is 11.2 Å². The van der Waals surface area contributed by atoms with Crippen LogP contribution in [0.1, 0.15) is 64.1 Å². The number of ketones is 3. The Hall–Kier alpha value is -3.99. The van der Waals surface area contributed by atoms with Crippen molar-refractivity contribution in [3.63, 3.8) is 0 Å². The fourth-order valence-electron chi connectivity index (χ4n) is 6.75. The van der Waals surface area contributed by atoms with Crippen LogP contribution in [0.15, 0.2) is 72.8 Å². The molecule has 3 aliphatic rings. The number of aryl methyl sites for hydroxylation is 1. The van der Waals surface area contributed by atoms with Gasteiger partial charge in [-0.25, -0.2) is 0 Å². The number of methoxy groups -OCH3 is 1. The molecular weight excluding hydrogens is 474 g/mol. The van der Waals surface area contributed by atoms with Crippen molar-refractivity contribution in [3.05, 3.63) is 101 Å². The van der Waals surface area contributed by atoms with Crippen molar-refractivity contribution in [1.82, 2.24) is 0 Å². The number of benzene rings is 3.